The van der Waals surface area contributed by atoms with Gasteiger partial charge in [0.15, 0.2) is 0 Å². The van der Waals surface area contributed by atoms with Crippen LogP contribution in [0.3, 0.4) is 0 Å². The van der Waals surface area contributed by atoms with Crippen LogP contribution in [0.5, 0.6) is 0 Å². The largest absolute Gasteiger partial charge is 0.329 e. The molecule has 4 nitrogen and oxygen atoms in total. The summed E-state index contributed by atoms with van der Waals surface area (Å²) >= 11 is 0. The summed E-state index contributed by atoms with van der Waals surface area (Å²) in [6, 6.07) is 7.96. The zero-order chi connectivity index (χ0) is 12.7. The first-order valence-electron chi connectivity index (χ1n) is 6.16. The van der Waals surface area contributed by atoms with Crippen LogP contribution in [0.25, 0.3) is 21.9 Å². The van der Waals surface area contributed by atoms with Crippen LogP contribution < -0.4 is 5.56 Å². The van der Waals surface area contributed by atoms with E-state index < -0.39 is 0 Å². The molecule has 0 aliphatic rings. The summed E-state index contributed by atoms with van der Waals surface area (Å²) in [6.07, 6.45) is 2.64. The van der Waals surface area contributed by atoms with Crippen molar-refractivity contribution in [2.75, 3.05) is 0 Å². The van der Waals surface area contributed by atoms with Gasteiger partial charge in [0, 0.05) is 19.0 Å². The normalized spacial score (nSPS) is 11.4. The summed E-state index contributed by atoms with van der Waals surface area (Å²) < 4.78 is 3.65. The Morgan fingerprint density at radius 2 is 2.06 bits per heavy atom. The zero-order valence-corrected chi connectivity index (χ0v) is 10.6. The molecule has 0 saturated heterocycles. The first-order valence-corrected chi connectivity index (χ1v) is 6.16. The number of pyridine rings is 1. The van der Waals surface area contributed by atoms with Crippen molar-refractivity contribution in [3.05, 3.63) is 40.9 Å². The molecular weight excluding hydrogens is 226 g/mol. The van der Waals surface area contributed by atoms with Crippen LogP contribution in [0.2, 0.25) is 0 Å². The highest BCUT2D eigenvalue weighted by Crippen LogP contribution is 2.21. The van der Waals surface area contributed by atoms with Crippen LogP contribution in [0.1, 0.15) is 13.3 Å². The lowest BCUT2D eigenvalue weighted by atomic mass is 10.2. The topological polar surface area (TPSA) is 39.8 Å². The number of aromatic nitrogens is 3. The minimum Gasteiger partial charge on any atom is -0.329 e. The Kier molecular flexibility index (Phi) is 2.44. The molecule has 92 valence electrons. The second kappa shape index (κ2) is 3.98. The van der Waals surface area contributed by atoms with Gasteiger partial charge in [-0.25, -0.2) is 4.98 Å². The summed E-state index contributed by atoms with van der Waals surface area (Å²) in [5.41, 5.74) is 2.49. The quantitative estimate of drug-likeness (QED) is 0.690. The van der Waals surface area contributed by atoms with Crippen molar-refractivity contribution >= 4 is 21.9 Å². The number of imidazole rings is 1. The maximum Gasteiger partial charge on any atom is 0.277 e. The maximum absolute atomic E-state index is 12.5. The molecule has 0 radical (unpaired) electrons. The van der Waals surface area contributed by atoms with Gasteiger partial charge in [-0.3, -0.25) is 4.79 Å². The van der Waals surface area contributed by atoms with E-state index >= 15 is 0 Å². The first-order chi connectivity index (χ1) is 8.74. The fourth-order valence-corrected chi connectivity index (χ4v) is 2.47. The summed E-state index contributed by atoms with van der Waals surface area (Å²) in [5, 5.41) is 1.04. The van der Waals surface area contributed by atoms with Gasteiger partial charge in [0.05, 0.1) is 11.8 Å². The van der Waals surface area contributed by atoms with Gasteiger partial charge >= 0.3 is 0 Å². The van der Waals surface area contributed by atoms with Gasteiger partial charge in [0.2, 0.25) is 0 Å². The molecule has 3 aromatic rings. The fraction of sp³-hybridized carbons (Fsp3) is 0.286. The van der Waals surface area contributed by atoms with Gasteiger partial charge in [0.1, 0.15) is 11.0 Å². The highest BCUT2D eigenvalue weighted by atomic mass is 16.1. The van der Waals surface area contributed by atoms with E-state index in [0.717, 1.165) is 29.4 Å². The molecule has 0 aliphatic heterocycles. The number of hydrogen-bond donors (Lipinski definition) is 0. The Hall–Kier alpha value is -2.10. The molecule has 0 amide bonds. The molecule has 0 aliphatic carbocycles. The predicted octanol–water partition coefficient (Wildman–Crippen LogP) is 2.30. The molecule has 4 heteroatoms. The van der Waals surface area contributed by atoms with E-state index in [4.69, 9.17) is 0 Å². The van der Waals surface area contributed by atoms with Crippen molar-refractivity contribution in [1.82, 2.24) is 14.1 Å². The van der Waals surface area contributed by atoms with Crippen LogP contribution in [0.15, 0.2) is 35.4 Å². The number of hydrogen-bond acceptors (Lipinski definition) is 2. The van der Waals surface area contributed by atoms with Gasteiger partial charge < -0.3 is 9.13 Å². The Labute approximate surface area is 104 Å². The van der Waals surface area contributed by atoms with E-state index in [2.05, 4.69) is 11.9 Å². The van der Waals surface area contributed by atoms with Gasteiger partial charge in [-0.1, -0.05) is 25.1 Å². The van der Waals surface area contributed by atoms with Gasteiger partial charge in [-0.2, -0.15) is 0 Å². The highest BCUT2D eigenvalue weighted by Gasteiger charge is 2.13. The molecule has 0 N–H and O–H groups in total. The average Bonchev–Trinajstić information content (AvgIpc) is 2.77. The third-order valence-electron chi connectivity index (χ3n) is 3.28. The maximum atomic E-state index is 12.5. The molecule has 2 aromatic heterocycles. The van der Waals surface area contributed by atoms with Crippen LogP contribution >= 0.6 is 0 Å². The lowest BCUT2D eigenvalue weighted by molar-refractivity contribution is 0.680. The first kappa shape index (κ1) is 11.0. The molecule has 0 bridgehead atoms. The van der Waals surface area contributed by atoms with E-state index in [9.17, 15) is 4.79 Å². The monoisotopic (exact) mass is 241 g/mol. The van der Waals surface area contributed by atoms with Crippen molar-refractivity contribution in [1.29, 1.82) is 0 Å². The van der Waals surface area contributed by atoms with Crippen molar-refractivity contribution < 1.29 is 0 Å². The lowest BCUT2D eigenvalue weighted by Crippen LogP contribution is -2.22. The number of rotatable bonds is 2. The summed E-state index contributed by atoms with van der Waals surface area (Å²) in [4.78, 5) is 16.9. The van der Waals surface area contributed by atoms with Crippen molar-refractivity contribution in [3.8, 4) is 0 Å². The van der Waals surface area contributed by atoms with Gasteiger partial charge in [0.25, 0.3) is 5.56 Å². The number of nitrogens with zero attached hydrogens (tertiary/aromatic N) is 3. The predicted molar refractivity (Wildman–Crippen MR) is 72.8 cm³/mol. The van der Waals surface area contributed by atoms with E-state index in [1.165, 1.54) is 0 Å². The number of fused-ring (bicyclic) bond motifs is 3. The van der Waals surface area contributed by atoms with E-state index in [1.807, 2.05) is 35.9 Å². The second-order valence-electron chi connectivity index (χ2n) is 4.53. The van der Waals surface area contributed by atoms with Crippen LogP contribution in [-0.4, -0.2) is 14.1 Å². The van der Waals surface area contributed by atoms with Crippen LogP contribution in [-0.2, 0) is 13.6 Å². The number of benzene rings is 1. The molecular formula is C14H15N3O. The summed E-state index contributed by atoms with van der Waals surface area (Å²) in [5.74, 6) is 0. The Morgan fingerprint density at radius 1 is 1.28 bits per heavy atom. The van der Waals surface area contributed by atoms with Crippen molar-refractivity contribution in [3.63, 3.8) is 0 Å². The lowest BCUT2D eigenvalue weighted by Gasteiger charge is -2.10. The van der Waals surface area contributed by atoms with Crippen LogP contribution in [0.4, 0.5) is 0 Å². The Morgan fingerprint density at radius 3 is 2.83 bits per heavy atom. The Balaban J connectivity index is 2.59. The van der Waals surface area contributed by atoms with E-state index in [1.54, 1.807) is 10.9 Å². The highest BCUT2D eigenvalue weighted by molar-refractivity contribution is 6.02. The third-order valence-corrected chi connectivity index (χ3v) is 3.28. The van der Waals surface area contributed by atoms with E-state index in [0.29, 0.717) is 5.52 Å². The van der Waals surface area contributed by atoms with Crippen molar-refractivity contribution in [2.45, 2.75) is 19.9 Å². The number of aryl methyl sites for hydroxylation is 2. The average molecular weight is 241 g/mol. The zero-order valence-electron chi connectivity index (χ0n) is 10.6. The second-order valence-corrected chi connectivity index (χ2v) is 4.53. The van der Waals surface area contributed by atoms with Crippen molar-refractivity contribution in [2.24, 2.45) is 7.05 Å². The standard InChI is InChI=1S/C14H15N3O/c1-3-8-17-11-7-5-4-6-10(11)12-13(14(17)18)16(2)9-15-12/h4-7,9H,3,8H2,1-2H3. The molecule has 3 rings (SSSR count). The fourth-order valence-electron chi connectivity index (χ4n) is 2.47. The molecule has 18 heavy (non-hydrogen) atoms. The summed E-state index contributed by atoms with van der Waals surface area (Å²) in [7, 11) is 1.86. The SMILES string of the molecule is CCCn1c(=O)c2c(ncn2C)c2ccccc21. The molecule has 0 spiro atoms. The molecule has 0 atom stereocenters. The smallest absolute Gasteiger partial charge is 0.277 e. The summed E-state index contributed by atoms with van der Waals surface area (Å²) in [6.45, 7) is 2.81. The minimum atomic E-state index is 0.0468. The van der Waals surface area contributed by atoms with Crippen LogP contribution in [0, 0.1) is 0 Å². The molecule has 0 saturated carbocycles. The minimum absolute atomic E-state index is 0.0468. The molecule has 0 unspecified atom stereocenters. The van der Waals surface area contributed by atoms with Gasteiger partial charge in [-0.05, 0) is 12.5 Å². The molecule has 1 aromatic carbocycles. The Bertz CT molecular complexity index is 783. The third kappa shape index (κ3) is 1.38. The molecule has 2 heterocycles. The van der Waals surface area contributed by atoms with Gasteiger partial charge in [-0.15, -0.1) is 0 Å². The van der Waals surface area contributed by atoms with E-state index in [-0.39, 0.29) is 5.56 Å². The molecule has 0 fully saturated rings. The number of para-hydroxylation sites is 1.